The van der Waals surface area contributed by atoms with Crippen molar-refractivity contribution in [2.75, 3.05) is 13.2 Å². The Morgan fingerprint density at radius 3 is 0.944 bits per heavy atom. The summed E-state index contributed by atoms with van der Waals surface area (Å²) in [5, 5.41) is 0. The van der Waals surface area contributed by atoms with Gasteiger partial charge >= 0.3 is 17.9 Å². The van der Waals surface area contributed by atoms with Crippen LogP contribution < -0.4 is 0 Å². The van der Waals surface area contributed by atoms with Gasteiger partial charge in [-0.2, -0.15) is 0 Å². The molecule has 0 unspecified atom stereocenters. The molecule has 6 heteroatoms. The van der Waals surface area contributed by atoms with Gasteiger partial charge in [0.15, 0.2) is 6.10 Å². The summed E-state index contributed by atoms with van der Waals surface area (Å²) in [4.78, 5) is 38.2. The van der Waals surface area contributed by atoms with Crippen molar-refractivity contribution in [2.45, 2.75) is 284 Å². The van der Waals surface area contributed by atoms with Crippen LogP contribution in [-0.2, 0) is 28.6 Å². The van der Waals surface area contributed by atoms with Crippen LogP contribution >= 0.6 is 0 Å². The molecule has 0 aliphatic carbocycles. The molecule has 0 fully saturated rings. The summed E-state index contributed by atoms with van der Waals surface area (Å²) < 4.78 is 16.8. The van der Waals surface area contributed by atoms with Crippen LogP contribution in [0.5, 0.6) is 0 Å². The second-order valence-corrected chi connectivity index (χ2v) is 19.5. The molecule has 0 spiro atoms. The van der Waals surface area contributed by atoms with E-state index in [1.165, 1.54) is 128 Å². The molecular weight excluding hydrogens is 877 g/mol. The Kier molecular flexibility index (Phi) is 55.9. The molecule has 0 rings (SSSR count). The number of rotatable bonds is 53. The van der Waals surface area contributed by atoms with Crippen LogP contribution in [-0.4, -0.2) is 37.2 Å². The first-order valence-electron chi connectivity index (χ1n) is 29.7. The maximum Gasteiger partial charge on any atom is 0.306 e. The highest BCUT2D eigenvalue weighted by Crippen LogP contribution is 2.15. The highest BCUT2D eigenvalue weighted by molar-refractivity contribution is 5.71. The Hall–Kier alpha value is -3.67. The fourth-order valence-corrected chi connectivity index (χ4v) is 8.09. The van der Waals surface area contributed by atoms with E-state index in [-0.39, 0.29) is 37.5 Å². The highest BCUT2D eigenvalue weighted by Gasteiger charge is 2.19. The van der Waals surface area contributed by atoms with Crippen molar-refractivity contribution in [3.8, 4) is 0 Å². The van der Waals surface area contributed by atoms with E-state index >= 15 is 0 Å². The van der Waals surface area contributed by atoms with Gasteiger partial charge in [-0.15, -0.1) is 0 Å². The van der Waals surface area contributed by atoms with Crippen LogP contribution in [0.4, 0.5) is 0 Å². The maximum absolute atomic E-state index is 12.8. The summed E-state index contributed by atoms with van der Waals surface area (Å²) in [6, 6.07) is 0. The average molecular weight is 988 g/mol. The monoisotopic (exact) mass is 987 g/mol. The van der Waals surface area contributed by atoms with Gasteiger partial charge in [-0.3, -0.25) is 14.4 Å². The minimum absolute atomic E-state index is 0.105. The quantitative estimate of drug-likeness (QED) is 0.0261. The van der Waals surface area contributed by atoms with Gasteiger partial charge in [0.1, 0.15) is 13.2 Å². The predicted octanol–water partition coefficient (Wildman–Crippen LogP) is 20.1. The third-order valence-electron chi connectivity index (χ3n) is 12.5. The van der Waals surface area contributed by atoms with Gasteiger partial charge in [0.05, 0.1) is 0 Å². The van der Waals surface area contributed by atoms with Gasteiger partial charge in [0.2, 0.25) is 0 Å². The zero-order chi connectivity index (χ0) is 51.4. The Morgan fingerprint density at radius 2 is 0.563 bits per heavy atom. The Labute approximate surface area is 438 Å². The lowest BCUT2D eigenvalue weighted by Gasteiger charge is -2.18. The molecule has 0 aromatic carbocycles. The molecular formula is C65H110O6. The molecule has 0 N–H and O–H groups in total. The van der Waals surface area contributed by atoms with Gasteiger partial charge in [-0.1, -0.05) is 240 Å². The fourth-order valence-electron chi connectivity index (χ4n) is 8.09. The third kappa shape index (κ3) is 57.1. The first kappa shape index (κ1) is 67.3. The van der Waals surface area contributed by atoms with Gasteiger partial charge < -0.3 is 14.2 Å². The number of carbonyl (C=O) groups excluding carboxylic acids is 3. The van der Waals surface area contributed by atoms with Crippen molar-refractivity contribution >= 4 is 17.9 Å². The van der Waals surface area contributed by atoms with E-state index in [0.717, 1.165) is 103 Å². The predicted molar refractivity (Wildman–Crippen MR) is 307 cm³/mol. The van der Waals surface area contributed by atoms with Gasteiger partial charge in [-0.25, -0.2) is 0 Å². The molecule has 0 radical (unpaired) electrons. The molecule has 0 aliphatic heterocycles. The minimum atomic E-state index is -0.815. The van der Waals surface area contributed by atoms with Crippen molar-refractivity contribution in [2.24, 2.45) is 0 Å². The van der Waals surface area contributed by atoms with E-state index in [1.54, 1.807) is 0 Å². The smallest absolute Gasteiger partial charge is 0.306 e. The summed E-state index contributed by atoms with van der Waals surface area (Å²) in [5.41, 5.74) is 0. The lowest BCUT2D eigenvalue weighted by atomic mass is 10.0. The van der Waals surface area contributed by atoms with Crippen molar-refractivity contribution in [1.82, 2.24) is 0 Å². The average Bonchev–Trinajstić information content (AvgIpc) is 3.37. The second-order valence-electron chi connectivity index (χ2n) is 19.5. The van der Waals surface area contributed by atoms with Gasteiger partial charge in [0.25, 0.3) is 0 Å². The Balaban J connectivity index is 4.45. The third-order valence-corrected chi connectivity index (χ3v) is 12.5. The van der Waals surface area contributed by atoms with Crippen molar-refractivity contribution < 1.29 is 28.6 Å². The largest absolute Gasteiger partial charge is 0.462 e. The molecule has 0 bridgehead atoms. The molecule has 0 saturated carbocycles. The first-order valence-corrected chi connectivity index (χ1v) is 29.7. The van der Waals surface area contributed by atoms with Crippen molar-refractivity contribution in [1.29, 1.82) is 0 Å². The van der Waals surface area contributed by atoms with E-state index in [4.69, 9.17) is 14.2 Å². The summed E-state index contributed by atoms with van der Waals surface area (Å²) in [6.07, 6.45) is 78.4. The topological polar surface area (TPSA) is 78.9 Å². The number of allylic oxidation sites excluding steroid dienone is 16. The molecule has 406 valence electrons. The summed E-state index contributed by atoms with van der Waals surface area (Å²) in [5.74, 6) is -0.976. The van der Waals surface area contributed by atoms with Gasteiger partial charge in [-0.05, 0) is 116 Å². The zero-order valence-electron chi connectivity index (χ0n) is 46.5. The number of esters is 3. The zero-order valence-corrected chi connectivity index (χ0v) is 46.5. The molecule has 0 saturated heterocycles. The van der Waals surface area contributed by atoms with E-state index in [9.17, 15) is 14.4 Å². The number of carbonyl (C=O) groups is 3. The number of hydrogen-bond donors (Lipinski definition) is 0. The highest BCUT2D eigenvalue weighted by atomic mass is 16.6. The van der Waals surface area contributed by atoms with Crippen LogP contribution in [0.15, 0.2) is 97.2 Å². The van der Waals surface area contributed by atoms with Crippen LogP contribution in [0.2, 0.25) is 0 Å². The van der Waals surface area contributed by atoms with Crippen molar-refractivity contribution in [3.63, 3.8) is 0 Å². The van der Waals surface area contributed by atoms with E-state index in [0.29, 0.717) is 19.3 Å². The van der Waals surface area contributed by atoms with Crippen LogP contribution in [0.1, 0.15) is 278 Å². The van der Waals surface area contributed by atoms with Gasteiger partial charge in [0, 0.05) is 19.3 Å². The van der Waals surface area contributed by atoms with Crippen LogP contribution in [0, 0.1) is 0 Å². The second kappa shape index (κ2) is 58.9. The number of hydrogen-bond acceptors (Lipinski definition) is 6. The van der Waals surface area contributed by atoms with Crippen molar-refractivity contribution in [3.05, 3.63) is 97.2 Å². The summed E-state index contributed by atoms with van der Waals surface area (Å²) in [6.45, 7) is 6.45. The Morgan fingerprint density at radius 1 is 0.296 bits per heavy atom. The number of unbranched alkanes of at least 4 members (excludes halogenated alkanes) is 26. The molecule has 0 aliphatic rings. The standard InChI is InChI=1S/C65H110O6/c1-4-7-10-13-16-19-22-25-28-30-31-32-33-35-37-40-43-46-49-52-55-58-64(67)70-61-62(60-69-63(66)57-54-51-48-45-42-39-36-27-24-21-18-15-12-9-6-3)71-65(68)59-56-53-50-47-44-41-38-34-29-26-23-20-17-14-11-8-5-2/h9,12,17-18,20-21,25-29,36,38,41,47,50,62H,4-8,10-11,13-16,19,22-24,30-35,37,39-40,42-46,48-49,51-61H2,1-3H3/b12-9-,20-17-,21-18-,28-25-,29-26-,36-27-,41-38-,50-47-/t62-/m1/s1. The minimum Gasteiger partial charge on any atom is -0.462 e. The summed E-state index contributed by atoms with van der Waals surface area (Å²) in [7, 11) is 0. The first-order chi connectivity index (χ1) is 35.0. The SMILES string of the molecule is CC/C=C\C/C=C\C/C=C\CCCCCCCC(=O)OC[C@H](COC(=O)CCCCCCCCCCCCC/C=C\CCCCCCCC)OC(=O)CCC/C=C\C/C=C\C/C=C\C/C=C\CCCCC. The molecule has 71 heavy (non-hydrogen) atoms. The molecule has 0 aromatic heterocycles. The van der Waals surface area contributed by atoms with E-state index < -0.39 is 6.10 Å². The normalized spacial score (nSPS) is 12.8. The lowest BCUT2D eigenvalue weighted by Crippen LogP contribution is -2.30. The van der Waals surface area contributed by atoms with Crippen LogP contribution in [0.25, 0.3) is 0 Å². The molecule has 6 nitrogen and oxygen atoms in total. The molecule has 0 aromatic rings. The fraction of sp³-hybridized carbons (Fsp3) is 0.708. The summed E-state index contributed by atoms with van der Waals surface area (Å²) >= 11 is 0. The number of ether oxygens (including phenoxy) is 3. The van der Waals surface area contributed by atoms with E-state index in [1.807, 2.05) is 0 Å². The van der Waals surface area contributed by atoms with E-state index in [2.05, 4.69) is 118 Å². The Bertz CT molecular complexity index is 1410. The molecule has 1 atom stereocenters. The molecule has 0 amide bonds. The lowest BCUT2D eigenvalue weighted by molar-refractivity contribution is -0.167. The maximum atomic E-state index is 12.8. The molecule has 0 heterocycles. The van der Waals surface area contributed by atoms with Crippen LogP contribution in [0.3, 0.4) is 0 Å².